The molecule has 0 fully saturated rings. The van der Waals surface area contributed by atoms with Crippen molar-refractivity contribution in [1.29, 1.82) is 0 Å². The van der Waals surface area contributed by atoms with Gasteiger partial charge in [0, 0.05) is 12.0 Å². The Hall–Kier alpha value is -2.80. The van der Waals surface area contributed by atoms with Crippen LogP contribution in [-0.4, -0.2) is 23.7 Å². The molecule has 0 aliphatic heterocycles. The Kier molecular flexibility index (Phi) is 5.76. The molecule has 0 bridgehead atoms. The summed E-state index contributed by atoms with van der Waals surface area (Å²) in [6, 6.07) is 12.8. The van der Waals surface area contributed by atoms with Gasteiger partial charge >= 0.3 is 5.97 Å². The van der Waals surface area contributed by atoms with Crippen molar-refractivity contribution < 1.29 is 14.3 Å². The van der Waals surface area contributed by atoms with Crippen LogP contribution in [0.1, 0.15) is 30.8 Å². The van der Waals surface area contributed by atoms with Gasteiger partial charge in [0.1, 0.15) is 17.5 Å². The minimum absolute atomic E-state index is 0.264. The average Bonchev–Trinajstić information content (AvgIpc) is 2.56. The van der Waals surface area contributed by atoms with Crippen LogP contribution in [0.15, 0.2) is 42.5 Å². The van der Waals surface area contributed by atoms with E-state index in [2.05, 4.69) is 10.9 Å². The molecule has 1 atom stereocenters. The van der Waals surface area contributed by atoms with Crippen molar-refractivity contribution in [3.63, 3.8) is 0 Å². The largest absolute Gasteiger partial charge is 0.494 e. The summed E-state index contributed by atoms with van der Waals surface area (Å²) < 4.78 is 10.7. The van der Waals surface area contributed by atoms with Crippen LogP contribution in [0, 0.1) is 12.3 Å². The van der Waals surface area contributed by atoms with Crippen molar-refractivity contribution in [3.05, 3.63) is 48.2 Å². The maximum absolute atomic E-state index is 12.1. The van der Waals surface area contributed by atoms with Gasteiger partial charge in [-0.3, -0.25) is 0 Å². The highest BCUT2D eigenvalue weighted by Gasteiger charge is 2.13. The number of rotatable bonds is 6. The first-order chi connectivity index (χ1) is 11.1. The van der Waals surface area contributed by atoms with Gasteiger partial charge in [0.2, 0.25) is 0 Å². The van der Waals surface area contributed by atoms with Crippen molar-refractivity contribution in [3.8, 4) is 29.4 Å². The molecule has 0 spiro atoms. The lowest BCUT2D eigenvalue weighted by molar-refractivity contribution is 0.0345. The first-order valence-corrected chi connectivity index (χ1v) is 7.48. The molecule has 0 amide bonds. The highest BCUT2D eigenvalue weighted by molar-refractivity contribution is 5.88. The maximum Gasteiger partial charge on any atom is 0.357 e. The number of aromatic nitrogens is 1. The Morgan fingerprint density at radius 2 is 2.00 bits per heavy atom. The van der Waals surface area contributed by atoms with Gasteiger partial charge in [0.15, 0.2) is 0 Å². The van der Waals surface area contributed by atoms with Crippen LogP contribution in [0.2, 0.25) is 0 Å². The second-order valence-corrected chi connectivity index (χ2v) is 4.99. The smallest absolute Gasteiger partial charge is 0.357 e. The number of ether oxygens (including phenoxy) is 2. The summed E-state index contributed by atoms with van der Waals surface area (Å²) in [7, 11) is 0. The standard InChI is InChI=1S/C19H19NO3/c1-4-7-14(3)23-19(21)18-9-6-8-17(20-18)15-10-12-16(13-11-15)22-5-2/h1,6,8-14H,5,7H2,2-3H3. The normalized spacial score (nSPS) is 11.3. The number of terminal acetylenes is 1. The number of carbonyl (C=O) groups is 1. The molecule has 4 nitrogen and oxygen atoms in total. The molecule has 2 rings (SSSR count). The predicted octanol–water partition coefficient (Wildman–Crippen LogP) is 3.72. The Morgan fingerprint density at radius 1 is 1.26 bits per heavy atom. The molecule has 4 heteroatoms. The molecular formula is C19H19NO3. The Labute approximate surface area is 136 Å². The lowest BCUT2D eigenvalue weighted by atomic mass is 10.1. The van der Waals surface area contributed by atoms with Crippen molar-refractivity contribution in [1.82, 2.24) is 4.98 Å². The van der Waals surface area contributed by atoms with E-state index in [4.69, 9.17) is 15.9 Å². The number of pyridine rings is 1. The van der Waals surface area contributed by atoms with E-state index in [9.17, 15) is 4.79 Å². The van der Waals surface area contributed by atoms with Crippen LogP contribution >= 0.6 is 0 Å². The van der Waals surface area contributed by atoms with Crippen molar-refractivity contribution >= 4 is 5.97 Å². The number of esters is 1. The minimum atomic E-state index is -0.472. The summed E-state index contributed by atoms with van der Waals surface area (Å²) in [4.78, 5) is 16.4. The molecule has 0 radical (unpaired) electrons. The van der Waals surface area contributed by atoms with E-state index in [-0.39, 0.29) is 11.8 Å². The molecule has 0 N–H and O–H groups in total. The molecule has 23 heavy (non-hydrogen) atoms. The minimum Gasteiger partial charge on any atom is -0.494 e. The molecular weight excluding hydrogens is 290 g/mol. The molecule has 2 aromatic rings. The van der Waals surface area contributed by atoms with Gasteiger partial charge in [-0.25, -0.2) is 9.78 Å². The lowest BCUT2D eigenvalue weighted by Crippen LogP contribution is -2.15. The summed E-state index contributed by atoms with van der Waals surface area (Å²) >= 11 is 0. The predicted molar refractivity (Wildman–Crippen MR) is 89.2 cm³/mol. The quantitative estimate of drug-likeness (QED) is 0.603. The van der Waals surface area contributed by atoms with Gasteiger partial charge in [-0.15, -0.1) is 12.3 Å². The summed E-state index contributed by atoms with van der Waals surface area (Å²) in [5.74, 6) is 2.80. The highest BCUT2D eigenvalue weighted by Crippen LogP contribution is 2.21. The van der Waals surface area contributed by atoms with Gasteiger partial charge in [-0.2, -0.15) is 0 Å². The second kappa shape index (κ2) is 8.00. The van der Waals surface area contributed by atoms with E-state index in [1.54, 1.807) is 19.1 Å². The van der Waals surface area contributed by atoms with E-state index in [0.29, 0.717) is 18.7 Å². The first-order valence-electron chi connectivity index (χ1n) is 7.48. The SMILES string of the molecule is C#CCC(C)OC(=O)c1cccc(-c2ccc(OCC)cc2)n1. The topological polar surface area (TPSA) is 48.4 Å². The third-order valence-electron chi connectivity index (χ3n) is 3.13. The van der Waals surface area contributed by atoms with Crippen LogP contribution in [0.5, 0.6) is 5.75 Å². The number of hydrogen-bond acceptors (Lipinski definition) is 4. The van der Waals surface area contributed by atoms with Crippen LogP contribution in [0.25, 0.3) is 11.3 Å². The summed E-state index contributed by atoms with van der Waals surface area (Å²) in [5.41, 5.74) is 1.87. The molecule has 1 aromatic heterocycles. The van der Waals surface area contributed by atoms with E-state index in [1.165, 1.54) is 0 Å². The van der Waals surface area contributed by atoms with Crippen LogP contribution in [-0.2, 0) is 4.74 Å². The molecule has 118 valence electrons. The van der Waals surface area contributed by atoms with Crippen LogP contribution < -0.4 is 4.74 Å². The fraction of sp³-hybridized carbons (Fsp3) is 0.263. The summed E-state index contributed by atoms with van der Waals surface area (Å²) in [6.07, 6.45) is 5.26. The number of benzene rings is 1. The van der Waals surface area contributed by atoms with Crippen LogP contribution in [0.3, 0.4) is 0 Å². The Balaban J connectivity index is 2.16. The third kappa shape index (κ3) is 4.58. The average molecular weight is 309 g/mol. The summed E-state index contributed by atoms with van der Waals surface area (Å²) in [5, 5.41) is 0. The van der Waals surface area contributed by atoms with Gasteiger partial charge in [-0.1, -0.05) is 6.07 Å². The molecule has 0 aliphatic rings. The zero-order valence-electron chi connectivity index (χ0n) is 13.3. The zero-order valence-corrected chi connectivity index (χ0v) is 13.3. The van der Waals surface area contributed by atoms with E-state index in [1.807, 2.05) is 37.3 Å². The van der Waals surface area contributed by atoms with Crippen molar-refractivity contribution in [2.24, 2.45) is 0 Å². The van der Waals surface area contributed by atoms with Crippen LogP contribution in [0.4, 0.5) is 0 Å². The molecule has 0 saturated heterocycles. The van der Waals surface area contributed by atoms with Gasteiger partial charge in [0.25, 0.3) is 0 Å². The monoisotopic (exact) mass is 309 g/mol. The van der Waals surface area contributed by atoms with Crippen molar-refractivity contribution in [2.75, 3.05) is 6.61 Å². The fourth-order valence-electron chi connectivity index (χ4n) is 2.05. The molecule has 1 unspecified atom stereocenters. The molecule has 0 aliphatic carbocycles. The second-order valence-electron chi connectivity index (χ2n) is 4.99. The first kappa shape index (κ1) is 16.6. The highest BCUT2D eigenvalue weighted by atomic mass is 16.5. The molecule has 0 saturated carbocycles. The molecule has 1 aromatic carbocycles. The summed E-state index contributed by atoms with van der Waals surface area (Å²) in [6.45, 7) is 4.31. The Bertz CT molecular complexity index is 701. The van der Waals surface area contributed by atoms with E-state index in [0.717, 1.165) is 11.3 Å². The maximum atomic E-state index is 12.1. The number of carbonyl (C=O) groups excluding carboxylic acids is 1. The van der Waals surface area contributed by atoms with E-state index >= 15 is 0 Å². The molecule has 1 heterocycles. The number of hydrogen-bond donors (Lipinski definition) is 0. The third-order valence-corrected chi connectivity index (χ3v) is 3.13. The lowest BCUT2D eigenvalue weighted by Gasteiger charge is -2.10. The van der Waals surface area contributed by atoms with Gasteiger partial charge < -0.3 is 9.47 Å². The van der Waals surface area contributed by atoms with Gasteiger partial charge in [-0.05, 0) is 50.2 Å². The fourth-order valence-corrected chi connectivity index (χ4v) is 2.05. The zero-order chi connectivity index (χ0) is 16.7. The Morgan fingerprint density at radius 3 is 2.65 bits per heavy atom. The van der Waals surface area contributed by atoms with Gasteiger partial charge in [0.05, 0.1) is 12.3 Å². The number of nitrogens with zero attached hydrogens (tertiary/aromatic N) is 1. The van der Waals surface area contributed by atoms with Crippen molar-refractivity contribution in [2.45, 2.75) is 26.4 Å². The van der Waals surface area contributed by atoms with E-state index < -0.39 is 5.97 Å².